The lowest BCUT2D eigenvalue weighted by Gasteiger charge is -2.32. The average Bonchev–Trinajstić information content (AvgIpc) is 3.38. The van der Waals surface area contributed by atoms with E-state index in [1.165, 1.54) is 12.1 Å². The van der Waals surface area contributed by atoms with E-state index in [-0.39, 0.29) is 37.2 Å². The van der Waals surface area contributed by atoms with E-state index in [1.54, 1.807) is 46.7 Å². The first-order valence-corrected chi connectivity index (χ1v) is 11.4. The maximum absolute atomic E-state index is 14.0. The highest BCUT2D eigenvalue weighted by Gasteiger charge is 2.54. The molecular weight excluding hydrogens is 464 g/mol. The van der Waals surface area contributed by atoms with Gasteiger partial charge in [0.25, 0.3) is 5.82 Å². The number of halogens is 4. The molecule has 4 rings (SSSR count). The Morgan fingerprint density at radius 1 is 1.23 bits per heavy atom. The first-order chi connectivity index (χ1) is 16.6. The molecule has 0 spiro atoms. The molecule has 1 heterocycles. The Kier molecular flexibility index (Phi) is 6.98. The van der Waals surface area contributed by atoms with Gasteiger partial charge in [0.2, 0.25) is 5.92 Å². The van der Waals surface area contributed by atoms with Crippen LogP contribution in [-0.4, -0.2) is 28.2 Å². The fourth-order valence-corrected chi connectivity index (χ4v) is 4.66. The van der Waals surface area contributed by atoms with Crippen molar-refractivity contribution in [3.63, 3.8) is 0 Å². The molecule has 1 aliphatic rings. The minimum atomic E-state index is -2.94. The highest BCUT2D eigenvalue weighted by Crippen LogP contribution is 2.47. The summed E-state index contributed by atoms with van der Waals surface area (Å²) in [5.41, 5.74) is -1.76. The van der Waals surface area contributed by atoms with E-state index in [4.69, 9.17) is 4.74 Å². The van der Waals surface area contributed by atoms with Crippen molar-refractivity contribution in [3.05, 3.63) is 89.5 Å². The number of aliphatic hydroxyl groups is 1. The van der Waals surface area contributed by atoms with Crippen molar-refractivity contribution in [3.8, 4) is 0 Å². The van der Waals surface area contributed by atoms with Crippen molar-refractivity contribution < 1.29 is 36.8 Å². The SMILES string of the molecule is Cc1n(CCOC(=O)[C@](O)(c2ccccc2)[C@@H]2CCC(F)(F)C2)cc[n+]1Cc1cc(F)ccc1F. The van der Waals surface area contributed by atoms with Crippen molar-refractivity contribution in [2.45, 2.75) is 50.8 Å². The summed E-state index contributed by atoms with van der Waals surface area (Å²) in [5.74, 6) is -5.21. The molecule has 9 heteroatoms. The smallest absolute Gasteiger partial charge is 0.343 e. The van der Waals surface area contributed by atoms with Crippen molar-refractivity contribution in [1.82, 2.24) is 4.57 Å². The summed E-state index contributed by atoms with van der Waals surface area (Å²) in [5, 5.41) is 11.4. The first-order valence-electron chi connectivity index (χ1n) is 11.4. The lowest BCUT2D eigenvalue weighted by Crippen LogP contribution is -2.44. The molecule has 0 amide bonds. The van der Waals surface area contributed by atoms with Gasteiger partial charge in [-0.2, -0.15) is 0 Å². The maximum atomic E-state index is 14.0. The zero-order valence-electron chi connectivity index (χ0n) is 19.3. The molecule has 3 aromatic rings. The van der Waals surface area contributed by atoms with Crippen molar-refractivity contribution in [1.29, 1.82) is 0 Å². The maximum Gasteiger partial charge on any atom is 0.343 e. The fraction of sp³-hybridized carbons (Fsp3) is 0.385. The van der Waals surface area contributed by atoms with Gasteiger partial charge >= 0.3 is 5.97 Å². The summed E-state index contributed by atoms with van der Waals surface area (Å²) in [6, 6.07) is 11.3. The van der Waals surface area contributed by atoms with Crippen LogP contribution in [0.5, 0.6) is 0 Å². The highest BCUT2D eigenvalue weighted by atomic mass is 19.3. The number of carbonyl (C=O) groups is 1. The Morgan fingerprint density at radius 2 is 1.97 bits per heavy atom. The van der Waals surface area contributed by atoms with Crippen LogP contribution in [0.4, 0.5) is 17.6 Å². The van der Waals surface area contributed by atoms with Crippen LogP contribution in [0.15, 0.2) is 60.9 Å². The van der Waals surface area contributed by atoms with Crippen molar-refractivity contribution in [2.24, 2.45) is 5.92 Å². The Labute approximate surface area is 200 Å². The number of hydrogen-bond acceptors (Lipinski definition) is 3. The van der Waals surface area contributed by atoms with Gasteiger partial charge in [-0.05, 0) is 30.2 Å². The Hall–Kier alpha value is -3.20. The van der Waals surface area contributed by atoms with E-state index in [1.807, 2.05) is 0 Å². The molecule has 1 fully saturated rings. The van der Waals surface area contributed by atoms with Crippen LogP contribution >= 0.6 is 0 Å². The number of imidazole rings is 1. The molecule has 1 N–H and O–H groups in total. The van der Waals surface area contributed by atoms with E-state index in [0.29, 0.717) is 5.82 Å². The third-order valence-electron chi connectivity index (χ3n) is 6.69. The molecule has 1 aromatic heterocycles. The van der Waals surface area contributed by atoms with Crippen LogP contribution < -0.4 is 4.57 Å². The third kappa shape index (κ3) is 5.24. The van der Waals surface area contributed by atoms with Crippen LogP contribution in [0.2, 0.25) is 0 Å². The van der Waals surface area contributed by atoms with Gasteiger partial charge in [-0.25, -0.2) is 31.5 Å². The molecule has 0 saturated heterocycles. The van der Waals surface area contributed by atoms with E-state index < -0.39 is 47.9 Å². The van der Waals surface area contributed by atoms with Crippen LogP contribution in [-0.2, 0) is 28.2 Å². The Balaban J connectivity index is 1.44. The molecule has 2 atom stereocenters. The fourth-order valence-electron chi connectivity index (χ4n) is 4.66. The molecule has 0 unspecified atom stereocenters. The molecule has 1 aliphatic carbocycles. The van der Waals surface area contributed by atoms with Crippen molar-refractivity contribution in [2.75, 3.05) is 6.61 Å². The number of nitrogens with zero attached hydrogens (tertiary/aromatic N) is 2. The molecular formula is C26H27F4N2O3+. The second kappa shape index (κ2) is 9.81. The number of alkyl halides is 2. The van der Waals surface area contributed by atoms with Gasteiger partial charge in [0, 0.05) is 31.2 Å². The van der Waals surface area contributed by atoms with E-state index >= 15 is 0 Å². The minimum absolute atomic E-state index is 0.000836. The van der Waals surface area contributed by atoms with Gasteiger partial charge in [0.1, 0.15) is 43.7 Å². The van der Waals surface area contributed by atoms with Gasteiger partial charge < -0.3 is 9.84 Å². The quantitative estimate of drug-likeness (QED) is 0.291. The Bertz CT molecular complexity index is 1200. The van der Waals surface area contributed by atoms with Gasteiger partial charge in [0.05, 0.1) is 0 Å². The van der Waals surface area contributed by atoms with Gasteiger partial charge in [-0.15, -0.1) is 0 Å². The minimum Gasteiger partial charge on any atom is -0.459 e. The highest BCUT2D eigenvalue weighted by molar-refractivity contribution is 5.81. The van der Waals surface area contributed by atoms with Gasteiger partial charge in [-0.1, -0.05) is 30.3 Å². The number of hydrogen-bond donors (Lipinski definition) is 1. The standard InChI is InChI=1S/C26H27F4N2O3/c1-18-31(11-12-32(18)17-19-15-22(27)7-8-23(19)28)13-14-35-24(33)26(34,20-5-3-2-4-6-20)21-9-10-25(29,30)16-21/h2-8,11-12,15,21,34H,9-10,13-14,16-17H2,1H3/q+1/t21-,26+/m1/s1. The largest absolute Gasteiger partial charge is 0.459 e. The molecule has 5 nitrogen and oxygen atoms in total. The summed E-state index contributed by atoms with van der Waals surface area (Å²) >= 11 is 0. The number of esters is 1. The predicted octanol–water partition coefficient (Wildman–Crippen LogP) is 4.28. The molecule has 0 aliphatic heterocycles. The summed E-state index contributed by atoms with van der Waals surface area (Å²) in [6.07, 6.45) is 2.42. The molecule has 1 saturated carbocycles. The lowest BCUT2D eigenvalue weighted by atomic mass is 9.80. The van der Waals surface area contributed by atoms with Crippen LogP contribution in [0.3, 0.4) is 0 Å². The number of aromatic nitrogens is 2. The summed E-state index contributed by atoms with van der Waals surface area (Å²) in [7, 11) is 0. The summed E-state index contributed by atoms with van der Waals surface area (Å²) in [4.78, 5) is 13.0. The zero-order valence-corrected chi connectivity index (χ0v) is 19.3. The third-order valence-corrected chi connectivity index (χ3v) is 6.69. The van der Waals surface area contributed by atoms with Crippen LogP contribution in [0, 0.1) is 24.5 Å². The second-order valence-corrected chi connectivity index (χ2v) is 8.97. The summed E-state index contributed by atoms with van der Waals surface area (Å²) < 4.78 is 64.2. The molecule has 35 heavy (non-hydrogen) atoms. The molecule has 2 aromatic carbocycles. The van der Waals surface area contributed by atoms with E-state index in [2.05, 4.69) is 0 Å². The van der Waals surface area contributed by atoms with Gasteiger partial charge in [0.15, 0.2) is 5.60 Å². The molecule has 186 valence electrons. The number of benzene rings is 2. The summed E-state index contributed by atoms with van der Waals surface area (Å²) in [6.45, 7) is 2.01. The first kappa shape index (κ1) is 24.9. The second-order valence-electron chi connectivity index (χ2n) is 8.97. The molecule has 0 radical (unpaired) electrons. The van der Waals surface area contributed by atoms with Gasteiger partial charge in [-0.3, -0.25) is 0 Å². The van der Waals surface area contributed by atoms with E-state index in [9.17, 15) is 27.5 Å². The Morgan fingerprint density at radius 3 is 2.66 bits per heavy atom. The number of rotatable bonds is 8. The number of ether oxygens (including phenoxy) is 1. The van der Waals surface area contributed by atoms with Crippen LogP contribution in [0.1, 0.15) is 36.2 Å². The molecule has 0 bridgehead atoms. The van der Waals surface area contributed by atoms with E-state index in [0.717, 1.165) is 18.2 Å². The lowest BCUT2D eigenvalue weighted by molar-refractivity contribution is -0.694. The average molecular weight is 492 g/mol. The zero-order chi connectivity index (χ0) is 25.2. The monoisotopic (exact) mass is 491 g/mol. The topological polar surface area (TPSA) is 55.3 Å². The number of carbonyl (C=O) groups excluding carboxylic acids is 1. The predicted molar refractivity (Wildman–Crippen MR) is 118 cm³/mol. The normalized spacial score (nSPS) is 18.9. The van der Waals surface area contributed by atoms with Crippen molar-refractivity contribution >= 4 is 5.97 Å². The van der Waals surface area contributed by atoms with Crippen LogP contribution in [0.25, 0.3) is 0 Å².